The molecule has 6 nitrogen and oxygen atoms in total. The fourth-order valence-electron chi connectivity index (χ4n) is 4.07. The quantitative estimate of drug-likeness (QED) is 0.523. The third kappa shape index (κ3) is 5.64. The zero-order chi connectivity index (χ0) is 22.2. The van der Waals surface area contributed by atoms with Gasteiger partial charge in [0.25, 0.3) is 5.91 Å². The van der Waals surface area contributed by atoms with E-state index < -0.39 is 0 Å². The van der Waals surface area contributed by atoms with E-state index in [4.69, 9.17) is 9.72 Å². The highest BCUT2D eigenvalue weighted by Crippen LogP contribution is 2.24. The maximum Gasteiger partial charge on any atom is 0.252 e. The highest BCUT2D eigenvalue weighted by atomic mass is 16.5. The van der Waals surface area contributed by atoms with Crippen LogP contribution in [0.3, 0.4) is 0 Å². The Morgan fingerprint density at radius 2 is 1.75 bits per heavy atom. The number of amides is 1. The fourth-order valence-corrected chi connectivity index (χ4v) is 4.07. The van der Waals surface area contributed by atoms with E-state index in [-0.39, 0.29) is 5.91 Å². The average Bonchev–Trinajstić information content (AvgIpc) is 2.84. The van der Waals surface area contributed by atoms with E-state index in [1.807, 2.05) is 30.3 Å². The van der Waals surface area contributed by atoms with Gasteiger partial charge in [-0.05, 0) is 24.1 Å². The molecule has 1 aliphatic heterocycles. The Morgan fingerprint density at radius 3 is 2.53 bits per heavy atom. The first-order valence-corrected chi connectivity index (χ1v) is 11.5. The number of carbonyl (C=O) groups excluding carboxylic acids is 1. The Balaban J connectivity index is 1.44. The van der Waals surface area contributed by atoms with Crippen LogP contribution in [-0.4, -0.2) is 61.7 Å². The van der Waals surface area contributed by atoms with Crippen molar-refractivity contribution in [2.24, 2.45) is 0 Å². The van der Waals surface area contributed by atoms with Crippen LogP contribution in [0.5, 0.6) is 0 Å². The molecule has 0 unspecified atom stereocenters. The molecule has 2 heterocycles. The smallest absolute Gasteiger partial charge is 0.252 e. The summed E-state index contributed by atoms with van der Waals surface area (Å²) in [6.07, 6.45) is 0.977. The van der Waals surface area contributed by atoms with Crippen LogP contribution in [0, 0.1) is 0 Å². The lowest BCUT2D eigenvalue weighted by Crippen LogP contribution is -2.46. The number of benzene rings is 2. The van der Waals surface area contributed by atoms with Gasteiger partial charge in [-0.3, -0.25) is 9.69 Å². The molecular weight excluding hydrogens is 400 g/mol. The predicted molar refractivity (Wildman–Crippen MR) is 129 cm³/mol. The topological polar surface area (TPSA) is 57.7 Å². The molecule has 1 amide bonds. The molecule has 1 aromatic heterocycles. The third-order valence-electron chi connectivity index (χ3n) is 5.77. The molecule has 0 aliphatic carbocycles. The Morgan fingerprint density at radius 1 is 1.00 bits per heavy atom. The van der Waals surface area contributed by atoms with Crippen LogP contribution in [-0.2, 0) is 11.3 Å². The van der Waals surface area contributed by atoms with Crippen LogP contribution in [0.15, 0.2) is 60.7 Å². The van der Waals surface area contributed by atoms with E-state index >= 15 is 0 Å². The molecular formula is C26H32N4O2. The third-order valence-corrected chi connectivity index (χ3v) is 5.77. The second kappa shape index (κ2) is 11.1. The number of para-hydroxylation sites is 1. The summed E-state index contributed by atoms with van der Waals surface area (Å²) in [5.41, 5.74) is 2.86. The van der Waals surface area contributed by atoms with Gasteiger partial charge in [-0.15, -0.1) is 0 Å². The Hall–Kier alpha value is -2.96. The number of carbonyl (C=O) groups is 1. The second-order valence-electron chi connectivity index (χ2n) is 8.16. The van der Waals surface area contributed by atoms with E-state index in [0.29, 0.717) is 25.3 Å². The minimum absolute atomic E-state index is 0.0762. The summed E-state index contributed by atoms with van der Waals surface area (Å²) in [7, 11) is 0. The molecule has 168 valence electrons. The van der Waals surface area contributed by atoms with Gasteiger partial charge in [0.05, 0.1) is 17.7 Å². The van der Waals surface area contributed by atoms with Crippen molar-refractivity contribution in [2.45, 2.75) is 19.9 Å². The number of rotatable bonds is 9. The van der Waals surface area contributed by atoms with Gasteiger partial charge in [0.1, 0.15) is 5.82 Å². The normalized spacial score (nSPS) is 14.6. The van der Waals surface area contributed by atoms with Crippen LogP contribution in [0.25, 0.3) is 10.9 Å². The largest absolute Gasteiger partial charge is 0.380 e. The molecule has 6 heteroatoms. The number of piperazine rings is 1. The number of fused-ring (bicyclic) bond motifs is 1. The standard InChI is InChI=1S/C26H32N4O2/c1-2-17-32-18-12-27-26(31)23-19-25(28-24-11-7-6-10-22(23)24)30-15-13-29(14-16-30)20-21-8-4-3-5-9-21/h3-11,19H,2,12-18,20H2,1H3,(H,27,31). The first-order chi connectivity index (χ1) is 15.7. The Kier molecular flexibility index (Phi) is 7.69. The summed E-state index contributed by atoms with van der Waals surface area (Å²) >= 11 is 0. The van der Waals surface area contributed by atoms with Gasteiger partial charge in [0.2, 0.25) is 0 Å². The highest BCUT2D eigenvalue weighted by Gasteiger charge is 2.21. The Labute approximate surface area is 190 Å². The van der Waals surface area contributed by atoms with Gasteiger partial charge in [-0.1, -0.05) is 55.5 Å². The zero-order valence-corrected chi connectivity index (χ0v) is 18.8. The fraction of sp³-hybridized carbons (Fsp3) is 0.385. The number of pyridine rings is 1. The van der Waals surface area contributed by atoms with E-state index in [0.717, 1.165) is 55.9 Å². The van der Waals surface area contributed by atoms with Crippen molar-refractivity contribution in [1.82, 2.24) is 15.2 Å². The van der Waals surface area contributed by atoms with Crippen molar-refractivity contribution in [2.75, 3.05) is 50.8 Å². The van der Waals surface area contributed by atoms with Gasteiger partial charge in [-0.25, -0.2) is 4.98 Å². The van der Waals surface area contributed by atoms with Crippen LogP contribution in [0.4, 0.5) is 5.82 Å². The molecule has 0 spiro atoms. The van der Waals surface area contributed by atoms with Gasteiger partial charge in [0, 0.05) is 51.3 Å². The van der Waals surface area contributed by atoms with Crippen molar-refractivity contribution in [1.29, 1.82) is 0 Å². The zero-order valence-electron chi connectivity index (χ0n) is 18.8. The SMILES string of the molecule is CCCOCCNC(=O)c1cc(N2CCN(Cc3ccccc3)CC2)nc2ccccc12. The van der Waals surface area contributed by atoms with E-state index in [9.17, 15) is 4.79 Å². The van der Waals surface area contributed by atoms with Gasteiger partial charge in [0.15, 0.2) is 0 Å². The number of nitrogens with one attached hydrogen (secondary N) is 1. The number of ether oxygens (including phenoxy) is 1. The van der Waals surface area contributed by atoms with Crippen molar-refractivity contribution in [3.05, 3.63) is 71.8 Å². The summed E-state index contributed by atoms with van der Waals surface area (Å²) in [6, 6.07) is 20.4. The van der Waals surface area contributed by atoms with E-state index in [1.165, 1.54) is 5.56 Å². The molecule has 1 aliphatic rings. The lowest BCUT2D eigenvalue weighted by molar-refractivity contribution is 0.0917. The maximum atomic E-state index is 13.0. The number of anilines is 1. The van der Waals surface area contributed by atoms with Crippen molar-refractivity contribution in [3.8, 4) is 0 Å². The summed E-state index contributed by atoms with van der Waals surface area (Å²) < 4.78 is 5.49. The van der Waals surface area contributed by atoms with Crippen molar-refractivity contribution < 1.29 is 9.53 Å². The monoisotopic (exact) mass is 432 g/mol. The summed E-state index contributed by atoms with van der Waals surface area (Å²) in [4.78, 5) is 22.6. The second-order valence-corrected chi connectivity index (χ2v) is 8.16. The van der Waals surface area contributed by atoms with E-state index in [1.54, 1.807) is 0 Å². The van der Waals surface area contributed by atoms with Gasteiger partial charge >= 0.3 is 0 Å². The average molecular weight is 433 g/mol. The molecule has 2 aromatic carbocycles. The van der Waals surface area contributed by atoms with Gasteiger partial charge < -0.3 is 15.0 Å². The molecule has 4 rings (SSSR count). The number of hydrogen-bond acceptors (Lipinski definition) is 5. The van der Waals surface area contributed by atoms with Crippen LogP contribution in [0.2, 0.25) is 0 Å². The number of hydrogen-bond donors (Lipinski definition) is 1. The lowest BCUT2D eigenvalue weighted by atomic mass is 10.1. The van der Waals surface area contributed by atoms with E-state index in [2.05, 4.69) is 52.4 Å². The summed E-state index contributed by atoms with van der Waals surface area (Å²) in [5, 5.41) is 3.88. The minimum Gasteiger partial charge on any atom is -0.380 e. The molecule has 0 bridgehead atoms. The Bertz CT molecular complexity index is 1020. The molecule has 32 heavy (non-hydrogen) atoms. The van der Waals surface area contributed by atoms with Crippen molar-refractivity contribution >= 4 is 22.6 Å². The molecule has 0 saturated carbocycles. The van der Waals surface area contributed by atoms with Crippen LogP contribution in [0.1, 0.15) is 29.3 Å². The van der Waals surface area contributed by atoms with Gasteiger partial charge in [-0.2, -0.15) is 0 Å². The minimum atomic E-state index is -0.0762. The first-order valence-electron chi connectivity index (χ1n) is 11.5. The highest BCUT2D eigenvalue weighted by molar-refractivity contribution is 6.07. The molecule has 0 atom stereocenters. The molecule has 1 saturated heterocycles. The molecule has 1 N–H and O–H groups in total. The number of aromatic nitrogens is 1. The van der Waals surface area contributed by atoms with Crippen molar-refractivity contribution in [3.63, 3.8) is 0 Å². The maximum absolute atomic E-state index is 13.0. The molecule has 1 fully saturated rings. The van der Waals surface area contributed by atoms with Crippen LogP contribution >= 0.6 is 0 Å². The number of nitrogens with zero attached hydrogens (tertiary/aromatic N) is 3. The summed E-state index contributed by atoms with van der Waals surface area (Å²) in [6.45, 7) is 8.52. The first kappa shape index (κ1) is 22.2. The predicted octanol–water partition coefficient (Wildman–Crippen LogP) is 3.71. The van der Waals surface area contributed by atoms with Crippen LogP contribution < -0.4 is 10.2 Å². The summed E-state index contributed by atoms with van der Waals surface area (Å²) in [5.74, 6) is 0.795. The lowest BCUT2D eigenvalue weighted by Gasteiger charge is -2.35. The molecule has 0 radical (unpaired) electrons. The molecule has 3 aromatic rings.